The van der Waals surface area contributed by atoms with E-state index < -0.39 is 49.0 Å². The average Bonchev–Trinajstić information content (AvgIpc) is 2.92. The molecular weight excluding hydrogens is 569 g/mol. The third kappa shape index (κ3) is 12.2. The topological polar surface area (TPSA) is 120 Å². The molecule has 0 spiro atoms. The summed E-state index contributed by atoms with van der Waals surface area (Å²) in [7, 11) is 1.44. The van der Waals surface area contributed by atoms with E-state index in [1.807, 2.05) is 27.7 Å². The quantitative estimate of drug-likeness (QED) is 0.386. The number of carbonyl (C=O) groups is 3. The summed E-state index contributed by atoms with van der Waals surface area (Å²) in [6.07, 6.45) is -5.00. The van der Waals surface area contributed by atoms with Gasteiger partial charge in [-0.05, 0) is 65.2 Å². The molecule has 10 nitrogen and oxygen atoms in total. The van der Waals surface area contributed by atoms with E-state index in [0.717, 1.165) is 6.42 Å². The van der Waals surface area contributed by atoms with Gasteiger partial charge < -0.3 is 35.0 Å². The third-order valence-corrected chi connectivity index (χ3v) is 7.23. The second-order valence-electron chi connectivity index (χ2n) is 11.7. The minimum atomic E-state index is -4.43. The lowest BCUT2D eigenvalue weighted by Gasteiger charge is -2.36. The number of ether oxygens (including phenoxy) is 2. The molecule has 1 aliphatic rings. The number of nitrogens with zero attached hydrogens (tertiary/aromatic N) is 2. The van der Waals surface area contributed by atoms with Crippen molar-refractivity contribution in [2.45, 2.75) is 97.2 Å². The number of hydrogen-bond acceptors (Lipinski definition) is 6. The number of benzene rings is 1. The smallest absolute Gasteiger partial charge is 0.389 e. The molecule has 3 N–H and O–H groups in total. The summed E-state index contributed by atoms with van der Waals surface area (Å²) in [4.78, 5) is 41.6. The number of halogens is 3. The number of nitrogens with one attached hydrogen (secondary N) is 2. The van der Waals surface area contributed by atoms with E-state index in [-0.39, 0.29) is 43.3 Å². The number of aliphatic hydroxyl groups is 1. The Morgan fingerprint density at radius 3 is 2.51 bits per heavy atom. The molecule has 0 unspecified atom stereocenters. The van der Waals surface area contributed by atoms with Gasteiger partial charge in [0.15, 0.2) is 0 Å². The summed E-state index contributed by atoms with van der Waals surface area (Å²) in [6.45, 7) is 9.26. The lowest BCUT2D eigenvalue weighted by molar-refractivity contribution is -0.149. The van der Waals surface area contributed by atoms with Gasteiger partial charge in [-0.1, -0.05) is 6.92 Å². The first kappa shape index (κ1) is 36.1. The molecule has 13 heteroatoms. The van der Waals surface area contributed by atoms with Crippen LogP contribution in [0, 0.1) is 5.92 Å². The zero-order chi connectivity index (χ0) is 32.3. The Hall–Kier alpha value is -3.06. The second-order valence-corrected chi connectivity index (χ2v) is 11.7. The molecule has 1 aromatic carbocycles. The van der Waals surface area contributed by atoms with Crippen LogP contribution in [0.3, 0.4) is 0 Å². The van der Waals surface area contributed by atoms with Crippen LogP contribution in [-0.4, -0.2) is 96.6 Å². The highest BCUT2D eigenvalue weighted by molar-refractivity contribution is 5.99. The van der Waals surface area contributed by atoms with Crippen LogP contribution >= 0.6 is 0 Å². The molecule has 43 heavy (non-hydrogen) atoms. The van der Waals surface area contributed by atoms with Crippen LogP contribution < -0.4 is 15.4 Å². The van der Waals surface area contributed by atoms with Crippen molar-refractivity contribution in [3.05, 3.63) is 23.8 Å². The van der Waals surface area contributed by atoms with Crippen molar-refractivity contribution in [2.24, 2.45) is 5.92 Å². The van der Waals surface area contributed by atoms with Crippen molar-refractivity contribution < 1.29 is 42.1 Å². The van der Waals surface area contributed by atoms with E-state index in [9.17, 15) is 32.7 Å². The van der Waals surface area contributed by atoms with Gasteiger partial charge in [-0.25, -0.2) is 4.79 Å². The molecule has 244 valence electrons. The van der Waals surface area contributed by atoms with Gasteiger partial charge >= 0.3 is 12.2 Å². The predicted molar refractivity (Wildman–Crippen MR) is 157 cm³/mol. The first-order chi connectivity index (χ1) is 20.1. The van der Waals surface area contributed by atoms with Gasteiger partial charge in [0.1, 0.15) is 5.75 Å². The molecule has 1 heterocycles. The second kappa shape index (κ2) is 16.7. The molecule has 0 saturated carbocycles. The molecule has 0 bridgehead atoms. The summed E-state index contributed by atoms with van der Waals surface area (Å²) in [5.41, 5.74) is 0.586. The summed E-state index contributed by atoms with van der Waals surface area (Å²) >= 11 is 0. The van der Waals surface area contributed by atoms with Crippen LogP contribution in [0.15, 0.2) is 18.2 Å². The van der Waals surface area contributed by atoms with Crippen LogP contribution in [-0.2, 0) is 9.53 Å². The van der Waals surface area contributed by atoms with Crippen molar-refractivity contribution >= 4 is 23.5 Å². The minimum absolute atomic E-state index is 0.0442. The molecule has 2 rings (SSSR count). The van der Waals surface area contributed by atoms with Crippen LogP contribution in [0.2, 0.25) is 0 Å². The van der Waals surface area contributed by atoms with Gasteiger partial charge in [-0.15, -0.1) is 0 Å². The van der Waals surface area contributed by atoms with Gasteiger partial charge in [0.05, 0.1) is 36.8 Å². The number of hydrogen-bond donors (Lipinski definition) is 3. The first-order valence-corrected chi connectivity index (χ1v) is 14.8. The fourth-order valence-electron chi connectivity index (χ4n) is 4.70. The van der Waals surface area contributed by atoms with Crippen molar-refractivity contribution in [3.8, 4) is 5.75 Å². The summed E-state index contributed by atoms with van der Waals surface area (Å²) in [5.74, 6) is -1.10. The van der Waals surface area contributed by atoms with Crippen LogP contribution in [0.4, 0.5) is 23.7 Å². The van der Waals surface area contributed by atoms with Crippen molar-refractivity contribution in [2.75, 3.05) is 38.7 Å². The highest BCUT2D eigenvalue weighted by atomic mass is 19.4. The molecule has 0 fully saturated rings. The maximum Gasteiger partial charge on any atom is 0.389 e. The third-order valence-electron chi connectivity index (χ3n) is 7.23. The highest BCUT2D eigenvalue weighted by Gasteiger charge is 2.32. The molecule has 0 radical (unpaired) electrons. The number of alkyl halides is 3. The maximum absolute atomic E-state index is 14.1. The van der Waals surface area contributed by atoms with E-state index in [2.05, 4.69) is 10.6 Å². The van der Waals surface area contributed by atoms with Gasteiger partial charge in [0, 0.05) is 50.8 Å². The monoisotopic (exact) mass is 616 g/mol. The lowest BCUT2D eigenvalue weighted by atomic mass is 10.0. The molecule has 0 saturated heterocycles. The zero-order valence-corrected chi connectivity index (χ0v) is 26.0. The number of aliphatic hydroxyl groups excluding tert-OH is 1. The molecule has 0 aromatic heterocycles. The standard InChI is InChI=1S/C30H47F3N4O6/c1-19(2)34-29(41)35-23-10-11-25-24(15-23)28(40)37(21(4)18-38)16-20(3)26(42-14-8-7-9-22(5)43-25)17-36(6)27(39)12-13-30(31,32)33/h10-11,15,19-22,26,38H,7-9,12-14,16-18H2,1-6H3,(H2,34,35,41)/t20-,21+,22+,26+/m0/s1. The zero-order valence-electron chi connectivity index (χ0n) is 26.0. The SMILES string of the molecule is CC(C)NC(=O)Nc1ccc2c(c1)C(=O)N([C@H](C)CO)C[C@H](C)[C@@H](CN(C)C(=O)CCC(F)(F)F)OCCCC[C@@H](C)O2. The molecular formula is C30H47F3N4O6. The van der Waals surface area contributed by atoms with Crippen LogP contribution in [0.5, 0.6) is 5.75 Å². The van der Waals surface area contributed by atoms with Gasteiger partial charge in [0.25, 0.3) is 5.91 Å². The number of urea groups is 1. The summed E-state index contributed by atoms with van der Waals surface area (Å²) in [6, 6.07) is 3.69. The largest absolute Gasteiger partial charge is 0.490 e. The van der Waals surface area contributed by atoms with Crippen LogP contribution in [0.25, 0.3) is 0 Å². The van der Waals surface area contributed by atoms with Crippen LogP contribution in [0.1, 0.15) is 77.1 Å². The predicted octanol–water partition coefficient (Wildman–Crippen LogP) is 4.81. The normalized spacial score (nSPS) is 21.3. The van der Waals surface area contributed by atoms with E-state index in [1.165, 1.54) is 16.8 Å². The Balaban J connectivity index is 2.40. The highest BCUT2D eigenvalue weighted by Crippen LogP contribution is 2.29. The fraction of sp³-hybridized carbons (Fsp3) is 0.700. The number of anilines is 1. The molecule has 4 atom stereocenters. The van der Waals surface area contributed by atoms with E-state index >= 15 is 0 Å². The van der Waals surface area contributed by atoms with Gasteiger partial charge in [0.2, 0.25) is 5.91 Å². The van der Waals surface area contributed by atoms with Crippen molar-refractivity contribution in [1.82, 2.24) is 15.1 Å². The van der Waals surface area contributed by atoms with Crippen molar-refractivity contribution in [3.63, 3.8) is 0 Å². The molecule has 1 aromatic rings. The maximum atomic E-state index is 14.1. The Morgan fingerprint density at radius 1 is 1.19 bits per heavy atom. The van der Waals surface area contributed by atoms with E-state index in [1.54, 1.807) is 25.1 Å². The van der Waals surface area contributed by atoms with Gasteiger partial charge in [-0.3, -0.25) is 9.59 Å². The number of carbonyl (C=O) groups excluding carboxylic acids is 3. The Bertz CT molecular complexity index is 1070. The first-order valence-electron chi connectivity index (χ1n) is 14.8. The van der Waals surface area contributed by atoms with E-state index in [4.69, 9.17) is 9.47 Å². The van der Waals surface area contributed by atoms with Gasteiger partial charge in [-0.2, -0.15) is 13.2 Å². The molecule has 0 aliphatic carbocycles. The fourth-order valence-corrected chi connectivity index (χ4v) is 4.70. The Labute approximate surface area is 252 Å². The molecule has 1 aliphatic heterocycles. The summed E-state index contributed by atoms with van der Waals surface area (Å²) in [5, 5.41) is 15.5. The lowest BCUT2D eigenvalue weighted by Crippen LogP contribution is -2.48. The number of rotatable bonds is 8. The summed E-state index contributed by atoms with van der Waals surface area (Å²) < 4.78 is 50.4. The molecule has 4 amide bonds. The number of likely N-dealkylation sites (N-methyl/N-ethyl adjacent to an activating group) is 1. The Kier molecular flexibility index (Phi) is 14.0. The number of fused-ring (bicyclic) bond motifs is 1. The van der Waals surface area contributed by atoms with Crippen molar-refractivity contribution in [1.29, 1.82) is 0 Å². The Morgan fingerprint density at radius 2 is 1.88 bits per heavy atom. The van der Waals surface area contributed by atoms with E-state index in [0.29, 0.717) is 30.9 Å². The average molecular weight is 617 g/mol. The minimum Gasteiger partial charge on any atom is -0.490 e. The number of amides is 4.